The molecule has 1 unspecified atom stereocenters. The summed E-state index contributed by atoms with van der Waals surface area (Å²) >= 11 is 0. The van der Waals surface area contributed by atoms with E-state index >= 15 is 0 Å². The number of carbonyl (C=O) groups excluding carboxylic acids is 2. The Hall–Kier alpha value is -2.82. The maximum atomic E-state index is 13.0. The highest BCUT2D eigenvalue weighted by Crippen LogP contribution is 2.14. The van der Waals surface area contributed by atoms with Crippen molar-refractivity contribution in [2.45, 2.75) is 39.7 Å². The molecule has 0 fully saturated rings. The van der Waals surface area contributed by atoms with Crippen molar-refractivity contribution in [3.63, 3.8) is 0 Å². The normalized spacial score (nSPS) is 11.5. The SMILES string of the molecule is CCNC(=O)C(CC)N(CCc1ccccc1)C(=O)COc1cccc(C)c1. The van der Waals surface area contributed by atoms with Gasteiger partial charge in [0.25, 0.3) is 5.91 Å². The topological polar surface area (TPSA) is 58.6 Å². The van der Waals surface area contributed by atoms with E-state index in [1.54, 1.807) is 4.90 Å². The van der Waals surface area contributed by atoms with Crippen LogP contribution in [-0.4, -0.2) is 42.5 Å². The first-order valence-electron chi connectivity index (χ1n) is 9.85. The van der Waals surface area contributed by atoms with Gasteiger partial charge < -0.3 is 15.0 Å². The summed E-state index contributed by atoms with van der Waals surface area (Å²) in [5, 5.41) is 2.84. The first kappa shape index (κ1) is 21.5. The van der Waals surface area contributed by atoms with Crippen molar-refractivity contribution in [1.82, 2.24) is 10.2 Å². The fourth-order valence-corrected chi connectivity index (χ4v) is 3.12. The van der Waals surface area contributed by atoms with E-state index in [2.05, 4.69) is 5.32 Å². The second kappa shape index (κ2) is 11.1. The Balaban J connectivity index is 2.10. The number of hydrogen-bond acceptors (Lipinski definition) is 3. The van der Waals surface area contributed by atoms with Crippen molar-refractivity contribution >= 4 is 11.8 Å². The van der Waals surface area contributed by atoms with Crippen LogP contribution in [0.15, 0.2) is 54.6 Å². The molecule has 150 valence electrons. The molecule has 0 saturated carbocycles. The fraction of sp³-hybridized carbons (Fsp3) is 0.391. The molecule has 0 saturated heterocycles. The number of benzene rings is 2. The maximum Gasteiger partial charge on any atom is 0.261 e. The van der Waals surface area contributed by atoms with Crippen molar-refractivity contribution in [3.8, 4) is 5.75 Å². The van der Waals surface area contributed by atoms with Gasteiger partial charge in [-0.25, -0.2) is 0 Å². The third kappa shape index (κ3) is 6.41. The Labute approximate surface area is 167 Å². The zero-order valence-corrected chi connectivity index (χ0v) is 17.0. The van der Waals surface area contributed by atoms with Crippen LogP contribution in [0.4, 0.5) is 0 Å². The summed E-state index contributed by atoms with van der Waals surface area (Å²) < 4.78 is 5.69. The molecule has 5 nitrogen and oxygen atoms in total. The van der Waals surface area contributed by atoms with Crippen molar-refractivity contribution in [1.29, 1.82) is 0 Å². The molecule has 0 aliphatic rings. The number of hydrogen-bond donors (Lipinski definition) is 1. The van der Waals surface area contributed by atoms with Gasteiger partial charge in [0.15, 0.2) is 6.61 Å². The van der Waals surface area contributed by atoms with E-state index in [-0.39, 0.29) is 18.4 Å². The lowest BCUT2D eigenvalue weighted by molar-refractivity contribution is -0.142. The highest BCUT2D eigenvalue weighted by atomic mass is 16.5. The minimum absolute atomic E-state index is 0.0891. The van der Waals surface area contributed by atoms with E-state index in [0.29, 0.717) is 31.7 Å². The Morgan fingerprint density at radius 2 is 1.82 bits per heavy atom. The molecule has 0 heterocycles. The molecule has 1 N–H and O–H groups in total. The van der Waals surface area contributed by atoms with Crippen LogP contribution in [0, 0.1) is 6.92 Å². The Morgan fingerprint density at radius 3 is 2.46 bits per heavy atom. The van der Waals surface area contributed by atoms with Crippen LogP contribution >= 0.6 is 0 Å². The predicted molar refractivity (Wildman–Crippen MR) is 111 cm³/mol. The summed E-state index contributed by atoms with van der Waals surface area (Å²) in [6, 6.07) is 17.1. The minimum Gasteiger partial charge on any atom is -0.484 e. The number of amides is 2. The quantitative estimate of drug-likeness (QED) is 0.685. The summed E-state index contributed by atoms with van der Waals surface area (Å²) in [7, 11) is 0. The van der Waals surface area contributed by atoms with Crippen LogP contribution in [0.2, 0.25) is 0 Å². The first-order chi connectivity index (χ1) is 13.5. The van der Waals surface area contributed by atoms with Gasteiger partial charge in [0.1, 0.15) is 11.8 Å². The van der Waals surface area contributed by atoms with Crippen LogP contribution in [0.1, 0.15) is 31.4 Å². The number of likely N-dealkylation sites (N-methyl/N-ethyl adjacent to an activating group) is 1. The van der Waals surface area contributed by atoms with Gasteiger partial charge in [-0.1, -0.05) is 49.4 Å². The van der Waals surface area contributed by atoms with Gasteiger partial charge in [-0.05, 0) is 49.9 Å². The molecule has 5 heteroatoms. The molecule has 0 bridgehead atoms. The van der Waals surface area contributed by atoms with Crippen molar-refractivity contribution in [2.24, 2.45) is 0 Å². The monoisotopic (exact) mass is 382 g/mol. The van der Waals surface area contributed by atoms with Crippen LogP contribution in [-0.2, 0) is 16.0 Å². The lowest BCUT2D eigenvalue weighted by atomic mass is 10.1. The van der Waals surface area contributed by atoms with E-state index < -0.39 is 6.04 Å². The molecule has 28 heavy (non-hydrogen) atoms. The minimum atomic E-state index is -0.503. The summed E-state index contributed by atoms with van der Waals surface area (Å²) in [6.07, 6.45) is 1.24. The zero-order valence-electron chi connectivity index (χ0n) is 17.0. The van der Waals surface area contributed by atoms with Gasteiger partial charge in [0.2, 0.25) is 5.91 Å². The summed E-state index contributed by atoms with van der Waals surface area (Å²) in [5.74, 6) is 0.347. The van der Waals surface area contributed by atoms with Crippen LogP contribution in [0.5, 0.6) is 5.75 Å². The predicted octanol–water partition coefficient (Wildman–Crippen LogP) is 3.36. The number of rotatable bonds is 10. The van der Waals surface area contributed by atoms with Gasteiger partial charge in [0, 0.05) is 13.1 Å². The average Bonchev–Trinajstić information content (AvgIpc) is 2.70. The molecule has 2 aromatic carbocycles. The van der Waals surface area contributed by atoms with Gasteiger partial charge in [-0.2, -0.15) is 0 Å². The second-order valence-corrected chi connectivity index (χ2v) is 6.75. The Morgan fingerprint density at radius 1 is 1.07 bits per heavy atom. The number of carbonyl (C=O) groups is 2. The van der Waals surface area contributed by atoms with Crippen LogP contribution in [0.3, 0.4) is 0 Å². The molecule has 0 aliphatic heterocycles. The molecule has 0 spiro atoms. The molecule has 2 aromatic rings. The Bertz CT molecular complexity index is 761. The van der Waals surface area contributed by atoms with Crippen LogP contribution < -0.4 is 10.1 Å². The molecule has 0 radical (unpaired) electrons. The van der Waals surface area contributed by atoms with Crippen molar-refractivity contribution in [2.75, 3.05) is 19.7 Å². The van der Waals surface area contributed by atoms with Crippen molar-refractivity contribution in [3.05, 3.63) is 65.7 Å². The van der Waals surface area contributed by atoms with E-state index in [1.165, 1.54) is 0 Å². The van der Waals surface area contributed by atoms with E-state index in [9.17, 15) is 9.59 Å². The third-order valence-corrected chi connectivity index (χ3v) is 4.57. The van der Waals surface area contributed by atoms with E-state index in [1.807, 2.05) is 75.4 Å². The van der Waals surface area contributed by atoms with Gasteiger partial charge in [0.05, 0.1) is 0 Å². The highest BCUT2D eigenvalue weighted by molar-refractivity contribution is 5.88. The number of nitrogens with one attached hydrogen (secondary N) is 1. The van der Waals surface area contributed by atoms with Gasteiger partial charge >= 0.3 is 0 Å². The largest absolute Gasteiger partial charge is 0.484 e. The van der Waals surface area contributed by atoms with Gasteiger partial charge in [-0.15, -0.1) is 0 Å². The van der Waals surface area contributed by atoms with Crippen LogP contribution in [0.25, 0.3) is 0 Å². The fourth-order valence-electron chi connectivity index (χ4n) is 3.12. The highest BCUT2D eigenvalue weighted by Gasteiger charge is 2.28. The van der Waals surface area contributed by atoms with E-state index in [4.69, 9.17) is 4.74 Å². The Kier molecular flexibility index (Phi) is 8.53. The zero-order chi connectivity index (χ0) is 20.4. The summed E-state index contributed by atoms with van der Waals surface area (Å²) in [4.78, 5) is 27.1. The molecular weight excluding hydrogens is 352 g/mol. The summed E-state index contributed by atoms with van der Waals surface area (Å²) in [5.41, 5.74) is 2.20. The smallest absolute Gasteiger partial charge is 0.261 e. The summed E-state index contributed by atoms with van der Waals surface area (Å²) in [6.45, 7) is 6.69. The average molecular weight is 383 g/mol. The second-order valence-electron chi connectivity index (χ2n) is 6.75. The lowest BCUT2D eigenvalue weighted by Gasteiger charge is -2.30. The van der Waals surface area contributed by atoms with Crippen molar-refractivity contribution < 1.29 is 14.3 Å². The number of aryl methyl sites for hydroxylation is 1. The molecule has 2 amide bonds. The maximum absolute atomic E-state index is 13.0. The van der Waals surface area contributed by atoms with Gasteiger partial charge in [-0.3, -0.25) is 9.59 Å². The molecular formula is C23H30N2O3. The standard InChI is InChI=1S/C23H30N2O3/c1-4-21(23(27)24-5-2)25(15-14-19-11-7-6-8-12-19)22(26)17-28-20-13-9-10-18(3)16-20/h6-13,16,21H,4-5,14-15,17H2,1-3H3,(H,24,27). The molecule has 1 atom stereocenters. The number of nitrogens with zero attached hydrogens (tertiary/aromatic N) is 1. The third-order valence-electron chi connectivity index (χ3n) is 4.57. The van der Waals surface area contributed by atoms with E-state index in [0.717, 1.165) is 11.1 Å². The number of ether oxygens (including phenoxy) is 1. The lowest BCUT2D eigenvalue weighted by Crippen LogP contribution is -2.51. The molecule has 0 aliphatic carbocycles. The first-order valence-corrected chi connectivity index (χ1v) is 9.85. The molecule has 0 aromatic heterocycles. The molecule has 2 rings (SSSR count).